The third-order valence-corrected chi connectivity index (χ3v) is 3.80. The minimum atomic E-state index is -0.453. The van der Waals surface area contributed by atoms with E-state index < -0.39 is 5.82 Å². The molecule has 0 spiro atoms. The molecule has 2 aromatic carbocycles. The van der Waals surface area contributed by atoms with E-state index in [1.165, 1.54) is 29.5 Å². The van der Waals surface area contributed by atoms with E-state index in [1.807, 2.05) is 25.1 Å². The summed E-state index contributed by atoms with van der Waals surface area (Å²) in [5, 5.41) is 10.3. The maximum Gasteiger partial charge on any atom is 0.137 e. The number of hydrogen-bond acceptors (Lipinski definition) is 3. The number of aromatic nitrogens is 1. The van der Waals surface area contributed by atoms with Crippen molar-refractivity contribution in [3.63, 3.8) is 0 Å². The molecule has 1 aromatic heterocycles. The second-order valence-corrected chi connectivity index (χ2v) is 5.15. The molecule has 0 aliphatic carbocycles. The molecule has 0 amide bonds. The van der Waals surface area contributed by atoms with Gasteiger partial charge in [-0.05, 0) is 36.8 Å². The molecule has 0 aliphatic rings. The lowest BCUT2D eigenvalue weighted by Gasteiger charge is -2.01. The van der Waals surface area contributed by atoms with Gasteiger partial charge in [-0.1, -0.05) is 12.1 Å². The molecule has 0 fully saturated rings. The highest BCUT2D eigenvalue weighted by Crippen LogP contribution is 2.36. The molecule has 0 atom stereocenters. The molecule has 4 heteroatoms. The SMILES string of the molecule is Cc1ccc2sc(-c3c(O)cccc3F)nc2c1. The van der Waals surface area contributed by atoms with Crippen molar-refractivity contribution in [2.24, 2.45) is 0 Å². The molecule has 0 saturated heterocycles. The van der Waals surface area contributed by atoms with Crippen LogP contribution < -0.4 is 0 Å². The molecule has 0 aliphatic heterocycles. The summed E-state index contributed by atoms with van der Waals surface area (Å²) in [4.78, 5) is 4.38. The first-order valence-electron chi connectivity index (χ1n) is 5.50. The molecule has 0 bridgehead atoms. The fraction of sp³-hybridized carbons (Fsp3) is 0.0714. The number of nitrogens with zero attached hydrogens (tertiary/aromatic N) is 1. The summed E-state index contributed by atoms with van der Waals surface area (Å²) in [6, 6.07) is 10.2. The average molecular weight is 259 g/mol. The van der Waals surface area contributed by atoms with E-state index in [4.69, 9.17) is 0 Å². The van der Waals surface area contributed by atoms with Crippen molar-refractivity contribution in [1.82, 2.24) is 4.98 Å². The summed E-state index contributed by atoms with van der Waals surface area (Å²) in [7, 11) is 0. The third-order valence-electron chi connectivity index (χ3n) is 2.75. The Bertz CT molecular complexity index is 715. The van der Waals surface area contributed by atoms with E-state index in [-0.39, 0.29) is 11.3 Å². The molecular weight excluding hydrogens is 249 g/mol. The van der Waals surface area contributed by atoms with E-state index in [2.05, 4.69) is 4.98 Å². The van der Waals surface area contributed by atoms with Crippen molar-refractivity contribution in [3.05, 3.63) is 47.8 Å². The third kappa shape index (κ3) is 1.75. The van der Waals surface area contributed by atoms with Crippen molar-refractivity contribution in [1.29, 1.82) is 0 Å². The molecule has 2 nitrogen and oxygen atoms in total. The van der Waals surface area contributed by atoms with E-state index in [0.29, 0.717) is 5.01 Å². The monoisotopic (exact) mass is 259 g/mol. The highest BCUT2D eigenvalue weighted by molar-refractivity contribution is 7.21. The molecule has 3 rings (SSSR count). The van der Waals surface area contributed by atoms with Gasteiger partial charge in [0.1, 0.15) is 16.6 Å². The molecule has 1 heterocycles. The first kappa shape index (κ1) is 11.2. The van der Waals surface area contributed by atoms with Crippen LogP contribution in [0.15, 0.2) is 36.4 Å². The predicted octanol–water partition coefficient (Wildman–Crippen LogP) is 4.12. The van der Waals surface area contributed by atoms with E-state index in [0.717, 1.165) is 15.8 Å². The molecule has 0 saturated carbocycles. The molecule has 90 valence electrons. The number of aromatic hydroxyl groups is 1. The van der Waals surface area contributed by atoms with Crippen molar-refractivity contribution in [2.75, 3.05) is 0 Å². The van der Waals surface area contributed by atoms with Crippen LogP contribution in [0.2, 0.25) is 0 Å². The number of benzene rings is 2. The highest BCUT2D eigenvalue weighted by Gasteiger charge is 2.14. The van der Waals surface area contributed by atoms with Crippen molar-refractivity contribution < 1.29 is 9.50 Å². The summed E-state index contributed by atoms with van der Waals surface area (Å²) in [5.74, 6) is -0.531. The van der Waals surface area contributed by atoms with Gasteiger partial charge >= 0.3 is 0 Å². The lowest BCUT2D eigenvalue weighted by Crippen LogP contribution is -1.83. The molecular formula is C14H10FNOS. The van der Waals surface area contributed by atoms with Crippen LogP contribution in [0.5, 0.6) is 5.75 Å². The maximum absolute atomic E-state index is 13.8. The molecule has 0 radical (unpaired) electrons. The molecule has 18 heavy (non-hydrogen) atoms. The number of rotatable bonds is 1. The van der Waals surface area contributed by atoms with Crippen LogP contribution >= 0.6 is 11.3 Å². The Labute approximate surface area is 107 Å². The summed E-state index contributed by atoms with van der Waals surface area (Å²) < 4.78 is 14.7. The Hall–Kier alpha value is -1.94. The van der Waals surface area contributed by atoms with Gasteiger partial charge in [0, 0.05) is 0 Å². The van der Waals surface area contributed by atoms with Crippen molar-refractivity contribution >= 4 is 21.6 Å². The quantitative estimate of drug-likeness (QED) is 0.713. The van der Waals surface area contributed by atoms with Crippen LogP contribution in [0.3, 0.4) is 0 Å². The highest BCUT2D eigenvalue weighted by atomic mass is 32.1. The maximum atomic E-state index is 13.8. The van der Waals surface area contributed by atoms with Gasteiger partial charge in [0.25, 0.3) is 0 Å². The van der Waals surface area contributed by atoms with Crippen molar-refractivity contribution in [2.45, 2.75) is 6.92 Å². The first-order valence-corrected chi connectivity index (χ1v) is 6.32. The number of phenols is 1. The van der Waals surface area contributed by atoms with Crippen LogP contribution in [-0.4, -0.2) is 10.1 Å². The van der Waals surface area contributed by atoms with Crippen LogP contribution in [0.1, 0.15) is 5.56 Å². The van der Waals surface area contributed by atoms with Gasteiger partial charge in [-0.3, -0.25) is 0 Å². The zero-order chi connectivity index (χ0) is 12.7. The lowest BCUT2D eigenvalue weighted by molar-refractivity contribution is 0.472. The number of halogens is 1. The second kappa shape index (κ2) is 4.07. The van der Waals surface area contributed by atoms with Gasteiger partial charge < -0.3 is 5.11 Å². The van der Waals surface area contributed by atoms with Crippen LogP contribution in [0.25, 0.3) is 20.8 Å². The molecule has 3 aromatic rings. The number of aryl methyl sites for hydroxylation is 1. The van der Waals surface area contributed by atoms with Crippen LogP contribution in [0, 0.1) is 12.7 Å². The summed E-state index contributed by atoms with van der Waals surface area (Å²) in [6.45, 7) is 1.99. The van der Waals surface area contributed by atoms with Crippen molar-refractivity contribution in [3.8, 4) is 16.3 Å². The Morgan fingerprint density at radius 2 is 2.06 bits per heavy atom. The van der Waals surface area contributed by atoms with Crippen LogP contribution in [0.4, 0.5) is 4.39 Å². The van der Waals surface area contributed by atoms with Gasteiger partial charge in [0.05, 0.1) is 15.8 Å². The Kier molecular flexibility index (Phi) is 2.52. The van der Waals surface area contributed by atoms with E-state index in [9.17, 15) is 9.50 Å². The minimum Gasteiger partial charge on any atom is -0.507 e. The Morgan fingerprint density at radius 3 is 2.83 bits per heavy atom. The van der Waals surface area contributed by atoms with Gasteiger partial charge in [-0.15, -0.1) is 11.3 Å². The van der Waals surface area contributed by atoms with Gasteiger partial charge in [0.2, 0.25) is 0 Å². The zero-order valence-corrected chi connectivity index (χ0v) is 10.5. The van der Waals surface area contributed by atoms with Gasteiger partial charge in [-0.2, -0.15) is 0 Å². The molecule has 1 N–H and O–H groups in total. The topological polar surface area (TPSA) is 33.1 Å². The number of hydrogen-bond donors (Lipinski definition) is 1. The summed E-state index contributed by atoms with van der Waals surface area (Å²) in [5.41, 5.74) is 2.12. The molecule has 0 unspecified atom stereocenters. The van der Waals surface area contributed by atoms with E-state index >= 15 is 0 Å². The Balaban J connectivity index is 2.26. The number of thiazole rings is 1. The van der Waals surface area contributed by atoms with Gasteiger partial charge in [0.15, 0.2) is 0 Å². The summed E-state index contributed by atoms with van der Waals surface area (Å²) in [6.07, 6.45) is 0. The fourth-order valence-corrected chi connectivity index (χ4v) is 2.87. The normalized spacial score (nSPS) is 11.0. The van der Waals surface area contributed by atoms with E-state index in [1.54, 1.807) is 0 Å². The standard InChI is InChI=1S/C14H10FNOS/c1-8-5-6-12-10(7-8)16-14(18-12)13-9(15)3-2-4-11(13)17/h2-7,17H,1H3. The van der Waals surface area contributed by atoms with Gasteiger partial charge in [-0.25, -0.2) is 9.37 Å². The largest absolute Gasteiger partial charge is 0.507 e. The predicted molar refractivity (Wildman–Crippen MR) is 71.4 cm³/mol. The fourth-order valence-electron chi connectivity index (χ4n) is 1.87. The smallest absolute Gasteiger partial charge is 0.137 e. The number of fused-ring (bicyclic) bond motifs is 1. The lowest BCUT2D eigenvalue weighted by atomic mass is 10.2. The van der Waals surface area contributed by atoms with Crippen LogP contribution in [-0.2, 0) is 0 Å². The average Bonchev–Trinajstić information content (AvgIpc) is 2.71. The zero-order valence-electron chi connectivity index (χ0n) is 9.64. The second-order valence-electron chi connectivity index (χ2n) is 4.12. The first-order chi connectivity index (χ1) is 8.65. The minimum absolute atomic E-state index is 0.0780. The Morgan fingerprint density at radius 1 is 1.22 bits per heavy atom. The number of phenolic OH excluding ortho intramolecular Hbond substituents is 1. The summed E-state index contributed by atoms with van der Waals surface area (Å²) >= 11 is 1.38.